The van der Waals surface area contributed by atoms with Crippen LogP contribution in [-0.4, -0.2) is 35.4 Å². The Hall–Kier alpha value is -1.93. The molecule has 0 radical (unpaired) electrons. The van der Waals surface area contributed by atoms with Crippen molar-refractivity contribution in [1.82, 2.24) is 0 Å². The molecule has 34 heavy (non-hydrogen) atoms. The molecule has 0 spiro atoms. The molecule has 0 amide bonds. The molecule has 0 aliphatic heterocycles. The third-order valence-electron chi connectivity index (χ3n) is 7.90. The number of benzene rings is 4. The molecule has 0 aromatic heterocycles. The monoisotopic (exact) mass is 430 g/mol. The molecule has 0 bridgehead atoms. The van der Waals surface area contributed by atoms with Crippen LogP contribution in [0.1, 0.15) is 64.9 Å². The summed E-state index contributed by atoms with van der Waals surface area (Å²) >= 11 is 4.94. The second kappa shape index (κ2) is 12.2. The molecule has 0 saturated heterocycles. The van der Waals surface area contributed by atoms with Crippen molar-refractivity contribution in [1.29, 1.82) is 0 Å². The van der Waals surface area contributed by atoms with Gasteiger partial charge in [-0.2, -0.15) is 0 Å². The molecule has 4 aromatic rings. The summed E-state index contributed by atoms with van der Waals surface area (Å²) < 4.78 is 0.243. The Morgan fingerprint density at radius 2 is 1.06 bits per heavy atom. The first kappa shape index (κ1) is 25.2. The molecule has 4 aromatic carbocycles. The van der Waals surface area contributed by atoms with Gasteiger partial charge in [0.1, 0.15) is 0 Å². The molecule has 2 heteroatoms. The van der Waals surface area contributed by atoms with Gasteiger partial charge in [0.2, 0.25) is 0 Å². The third kappa shape index (κ3) is 5.49. The van der Waals surface area contributed by atoms with E-state index in [9.17, 15) is 0 Å². The second-order valence-corrected chi connectivity index (χ2v) is 9.83. The molecule has 0 aliphatic rings. The van der Waals surface area contributed by atoms with E-state index >= 15 is 0 Å². The summed E-state index contributed by atoms with van der Waals surface area (Å²) in [5.74, 6) is 0.764. The minimum absolute atomic E-state index is 0.0990. The van der Waals surface area contributed by atoms with Gasteiger partial charge < -0.3 is 0 Å². The molecular weight excluding hydrogens is 398 g/mol. The van der Waals surface area contributed by atoms with Gasteiger partial charge in [0.15, 0.2) is 0 Å². The van der Waals surface area contributed by atoms with Gasteiger partial charge in [-0.1, -0.05) is 0 Å². The van der Waals surface area contributed by atoms with E-state index in [-0.39, 0.29) is 4.09 Å². The summed E-state index contributed by atoms with van der Waals surface area (Å²) in [5.41, 5.74) is 5.70. The molecule has 0 aliphatic carbocycles. The molecule has 0 N–H and O–H groups in total. The standard InChI is InChI=1S/C32H32.2Li/c1-2-3-24-30(27-18-10-5-11-19-27)32(29-22-14-7-15-23-29)31(28-20-12-6-13-21-28)25-26-16-8-4-9-17-26;;/h4-23,25,30,32H,2-3,24H2,1H3;;. The van der Waals surface area contributed by atoms with Gasteiger partial charge >= 0.3 is 226 Å². The fourth-order valence-electron chi connectivity index (χ4n) is 5.89. The summed E-state index contributed by atoms with van der Waals surface area (Å²) in [6.07, 6.45) is 3.62. The Morgan fingerprint density at radius 1 is 0.618 bits per heavy atom. The molecular formula is C32H32Li2. The molecule has 4 unspecified atom stereocenters. The van der Waals surface area contributed by atoms with Crippen LogP contribution < -0.4 is 0 Å². The van der Waals surface area contributed by atoms with Crippen LogP contribution in [0.5, 0.6) is 0 Å². The van der Waals surface area contributed by atoms with Crippen molar-refractivity contribution in [3.05, 3.63) is 144 Å². The Kier molecular flexibility index (Phi) is 9.01. The van der Waals surface area contributed by atoms with Crippen LogP contribution in [0, 0.1) is 0 Å². The molecule has 162 valence electrons. The molecule has 0 saturated carbocycles. The Labute approximate surface area is 224 Å². The van der Waals surface area contributed by atoms with Crippen molar-refractivity contribution in [2.24, 2.45) is 0 Å². The van der Waals surface area contributed by atoms with Crippen molar-refractivity contribution in [2.75, 3.05) is 0 Å². The normalized spacial score (nSPS) is 15.8. The minimum atomic E-state index is -0.0990. The van der Waals surface area contributed by atoms with Crippen LogP contribution in [0.15, 0.2) is 121 Å². The molecule has 0 fully saturated rings. The maximum absolute atomic E-state index is 2.51. The van der Waals surface area contributed by atoms with E-state index in [0.717, 1.165) is 0 Å². The van der Waals surface area contributed by atoms with Crippen LogP contribution in [0.2, 0.25) is 0 Å². The summed E-state index contributed by atoms with van der Waals surface area (Å²) in [6, 6.07) is 44.8. The topological polar surface area (TPSA) is 0 Å². The SMILES string of the molecule is [Li][CH](c1ccccc1)[C]([Li])(c1ccccc1)C(c1ccccc1)C(CCCC)c1ccccc1. The quantitative estimate of drug-likeness (QED) is 0.226. The number of hydrogen-bond donors (Lipinski definition) is 0. The van der Waals surface area contributed by atoms with Crippen molar-refractivity contribution in [2.45, 2.75) is 46.7 Å². The van der Waals surface area contributed by atoms with Gasteiger partial charge in [0.05, 0.1) is 0 Å². The van der Waals surface area contributed by atoms with E-state index in [1.54, 1.807) is 0 Å². The van der Waals surface area contributed by atoms with E-state index in [2.05, 4.69) is 164 Å². The Morgan fingerprint density at radius 3 is 1.56 bits per heavy atom. The molecule has 4 rings (SSSR count). The summed E-state index contributed by atoms with van der Waals surface area (Å²) in [5, 5.41) is 0. The van der Waals surface area contributed by atoms with Gasteiger partial charge in [0, 0.05) is 0 Å². The van der Waals surface area contributed by atoms with Crippen LogP contribution in [0.4, 0.5) is 0 Å². The van der Waals surface area contributed by atoms with Gasteiger partial charge in [-0.05, 0) is 0 Å². The first-order chi connectivity index (χ1) is 16.7. The zero-order valence-corrected chi connectivity index (χ0v) is 20.9. The van der Waals surface area contributed by atoms with Crippen LogP contribution in [-0.2, 0) is 4.09 Å². The van der Waals surface area contributed by atoms with Crippen molar-refractivity contribution < 1.29 is 0 Å². The summed E-state index contributed by atoms with van der Waals surface area (Å²) in [6.45, 7) is 2.31. The molecule has 0 nitrogen and oxygen atoms in total. The number of hydrogen-bond acceptors (Lipinski definition) is 0. The predicted octanol–water partition coefficient (Wildman–Crippen LogP) is 7.72. The Bertz CT molecular complexity index is 1110. The van der Waals surface area contributed by atoms with Crippen molar-refractivity contribution in [3.8, 4) is 0 Å². The Balaban J connectivity index is 1.97. The summed E-state index contributed by atoms with van der Waals surface area (Å²) in [4.78, 5) is 0. The zero-order valence-electron chi connectivity index (χ0n) is 20.9. The molecule has 4 atom stereocenters. The van der Waals surface area contributed by atoms with Crippen LogP contribution >= 0.6 is 0 Å². The van der Waals surface area contributed by atoms with E-state index < -0.39 is 0 Å². The molecule has 0 heterocycles. The van der Waals surface area contributed by atoms with E-state index in [0.29, 0.717) is 16.4 Å². The van der Waals surface area contributed by atoms with Gasteiger partial charge in [0.25, 0.3) is 0 Å². The number of rotatable bonds is 10. The van der Waals surface area contributed by atoms with Gasteiger partial charge in [-0.3, -0.25) is 0 Å². The van der Waals surface area contributed by atoms with E-state index in [1.165, 1.54) is 41.5 Å². The first-order valence-electron chi connectivity index (χ1n) is 12.9. The van der Waals surface area contributed by atoms with E-state index in [4.69, 9.17) is 0 Å². The van der Waals surface area contributed by atoms with Crippen LogP contribution in [0.3, 0.4) is 0 Å². The van der Waals surface area contributed by atoms with Gasteiger partial charge in [-0.25, -0.2) is 0 Å². The third-order valence-corrected chi connectivity index (χ3v) is 7.90. The number of unbranched alkanes of at least 4 members (excludes halogenated alkanes) is 1. The average Bonchev–Trinajstić information content (AvgIpc) is 2.92. The average molecular weight is 430 g/mol. The maximum atomic E-state index is 2.51. The van der Waals surface area contributed by atoms with Crippen LogP contribution in [0.25, 0.3) is 0 Å². The fourth-order valence-corrected chi connectivity index (χ4v) is 5.89. The second-order valence-electron chi connectivity index (χ2n) is 9.83. The zero-order chi connectivity index (χ0) is 23.8. The predicted molar refractivity (Wildman–Crippen MR) is 147 cm³/mol. The van der Waals surface area contributed by atoms with E-state index in [1.807, 2.05) is 0 Å². The first-order valence-corrected chi connectivity index (χ1v) is 12.9. The van der Waals surface area contributed by atoms with Crippen molar-refractivity contribution in [3.63, 3.8) is 0 Å². The summed E-state index contributed by atoms with van der Waals surface area (Å²) in [7, 11) is 0. The fraction of sp³-hybridized carbons (Fsp3) is 0.250. The van der Waals surface area contributed by atoms with Crippen molar-refractivity contribution >= 4 is 35.4 Å². The van der Waals surface area contributed by atoms with Gasteiger partial charge in [-0.15, -0.1) is 0 Å².